The van der Waals surface area contributed by atoms with E-state index in [4.69, 9.17) is 0 Å². The first-order chi connectivity index (χ1) is 12.2. The number of aryl methyl sites for hydroxylation is 2. The zero-order valence-electron chi connectivity index (χ0n) is 14.1. The first kappa shape index (κ1) is 15.6. The predicted molar refractivity (Wildman–Crippen MR) is 96.2 cm³/mol. The van der Waals surface area contributed by atoms with Crippen molar-refractivity contribution in [3.8, 4) is 11.3 Å². The standard InChI is InChI=1S/C20H20N4O/c1-14-17(8-9-18(22-14)15-5-3-2-4-6-15)20(25)23-16-7-10-19-21-11-12-24(19)13-16/h2-6,8-9,11-12,16H,7,10,13H2,1H3,(H,23,25)/t16-/m0/s1. The van der Waals surface area contributed by atoms with Gasteiger partial charge in [0.2, 0.25) is 0 Å². The van der Waals surface area contributed by atoms with E-state index < -0.39 is 0 Å². The van der Waals surface area contributed by atoms with E-state index in [2.05, 4.69) is 19.9 Å². The lowest BCUT2D eigenvalue weighted by atomic mass is 10.1. The number of imidazole rings is 1. The Bertz CT molecular complexity index is 901. The maximum Gasteiger partial charge on any atom is 0.253 e. The van der Waals surface area contributed by atoms with Crippen LogP contribution < -0.4 is 5.32 Å². The Morgan fingerprint density at radius 3 is 2.84 bits per heavy atom. The molecule has 5 heteroatoms. The van der Waals surface area contributed by atoms with Crippen molar-refractivity contribution in [1.29, 1.82) is 0 Å². The fraction of sp³-hybridized carbons (Fsp3) is 0.250. The minimum absolute atomic E-state index is 0.0572. The van der Waals surface area contributed by atoms with Gasteiger partial charge in [0.1, 0.15) is 5.82 Å². The second-order valence-electron chi connectivity index (χ2n) is 6.40. The summed E-state index contributed by atoms with van der Waals surface area (Å²) in [6.45, 7) is 2.66. The van der Waals surface area contributed by atoms with Gasteiger partial charge in [-0.1, -0.05) is 30.3 Å². The third kappa shape index (κ3) is 3.18. The molecule has 1 aliphatic rings. The molecule has 1 aliphatic heterocycles. The third-order valence-corrected chi connectivity index (χ3v) is 4.67. The van der Waals surface area contributed by atoms with Crippen molar-refractivity contribution in [2.45, 2.75) is 32.4 Å². The smallest absolute Gasteiger partial charge is 0.253 e. The van der Waals surface area contributed by atoms with Gasteiger partial charge in [-0.25, -0.2) is 4.98 Å². The molecule has 2 aromatic heterocycles. The first-order valence-corrected chi connectivity index (χ1v) is 8.54. The maximum atomic E-state index is 12.7. The van der Waals surface area contributed by atoms with Crippen molar-refractivity contribution < 1.29 is 4.79 Å². The number of rotatable bonds is 3. The van der Waals surface area contributed by atoms with Gasteiger partial charge in [-0.15, -0.1) is 0 Å². The maximum absolute atomic E-state index is 12.7. The largest absolute Gasteiger partial charge is 0.347 e. The average Bonchev–Trinajstić information content (AvgIpc) is 3.10. The van der Waals surface area contributed by atoms with Crippen molar-refractivity contribution in [2.24, 2.45) is 0 Å². The van der Waals surface area contributed by atoms with Crippen molar-refractivity contribution in [3.63, 3.8) is 0 Å². The highest BCUT2D eigenvalue weighted by molar-refractivity contribution is 5.95. The van der Waals surface area contributed by atoms with Crippen molar-refractivity contribution in [3.05, 3.63) is 71.9 Å². The predicted octanol–water partition coefficient (Wildman–Crippen LogP) is 3.00. The fourth-order valence-electron chi connectivity index (χ4n) is 3.32. The molecule has 126 valence electrons. The van der Waals surface area contributed by atoms with Crippen LogP contribution in [-0.2, 0) is 13.0 Å². The van der Waals surface area contributed by atoms with Crippen LogP contribution in [0.4, 0.5) is 0 Å². The Morgan fingerprint density at radius 1 is 1.20 bits per heavy atom. The van der Waals surface area contributed by atoms with Crippen LogP contribution in [0.25, 0.3) is 11.3 Å². The van der Waals surface area contributed by atoms with Crippen LogP contribution in [0.1, 0.15) is 28.3 Å². The van der Waals surface area contributed by atoms with Crippen LogP contribution in [0.15, 0.2) is 54.9 Å². The molecular formula is C20H20N4O. The zero-order valence-corrected chi connectivity index (χ0v) is 14.1. The molecule has 0 fully saturated rings. The fourth-order valence-corrected chi connectivity index (χ4v) is 3.32. The lowest BCUT2D eigenvalue weighted by Crippen LogP contribution is -2.41. The van der Waals surface area contributed by atoms with Crippen LogP contribution in [0.3, 0.4) is 0 Å². The molecule has 25 heavy (non-hydrogen) atoms. The van der Waals surface area contributed by atoms with Gasteiger partial charge in [0.05, 0.1) is 17.0 Å². The Kier molecular flexibility index (Phi) is 4.06. The Morgan fingerprint density at radius 2 is 2.04 bits per heavy atom. The van der Waals surface area contributed by atoms with Crippen molar-refractivity contribution in [1.82, 2.24) is 19.9 Å². The average molecular weight is 332 g/mol. The number of benzene rings is 1. The van der Waals surface area contributed by atoms with Crippen LogP contribution >= 0.6 is 0 Å². The number of nitrogens with one attached hydrogen (secondary N) is 1. The molecule has 3 heterocycles. The summed E-state index contributed by atoms with van der Waals surface area (Å²) in [6, 6.07) is 13.9. The van der Waals surface area contributed by atoms with Gasteiger partial charge in [-0.3, -0.25) is 9.78 Å². The topological polar surface area (TPSA) is 59.8 Å². The zero-order chi connectivity index (χ0) is 17.2. The van der Waals surface area contributed by atoms with E-state index in [1.807, 2.05) is 61.8 Å². The van der Waals surface area contributed by atoms with E-state index in [-0.39, 0.29) is 11.9 Å². The molecule has 4 rings (SSSR count). The van der Waals surface area contributed by atoms with Gasteiger partial charge in [-0.05, 0) is 25.5 Å². The van der Waals surface area contributed by atoms with Crippen LogP contribution in [0.5, 0.6) is 0 Å². The normalized spacial score (nSPS) is 16.3. The Labute approximate surface area is 146 Å². The SMILES string of the molecule is Cc1nc(-c2ccccc2)ccc1C(=O)N[C@H]1CCc2nccn2C1. The minimum Gasteiger partial charge on any atom is -0.347 e. The minimum atomic E-state index is -0.0572. The molecule has 0 bridgehead atoms. The van der Waals surface area contributed by atoms with Gasteiger partial charge >= 0.3 is 0 Å². The summed E-state index contributed by atoms with van der Waals surface area (Å²) < 4.78 is 2.11. The molecule has 0 saturated carbocycles. The van der Waals surface area contributed by atoms with E-state index in [1.54, 1.807) is 0 Å². The van der Waals surface area contributed by atoms with E-state index in [1.165, 1.54) is 0 Å². The molecule has 1 aromatic carbocycles. The molecule has 1 N–H and O–H groups in total. The summed E-state index contributed by atoms with van der Waals surface area (Å²) in [4.78, 5) is 21.6. The number of nitrogens with zero attached hydrogens (tertiary/aromatic N) is 3. The van der Waals surface area contributed by atoms with Crippen molar-refractivity contribution >= 4 is 5.91 Å². The van der Waals surface area contributed by atoms with Gasteiger partial charge < -0.3 is 9.88 Å². The van der Waals surface area contributed by atoms with E-state index in [9.17, 15) is 4.79 Å². The van der Waals surface area contributed by atoms with Crippen LogP contribution in [0, 0.1) is 6.92 Å². The Balaban J connectivity index is 1.49. The molecule has 0 spiro atoms. The summed E-state index contributed by atoms with van der Waals surface area (Å²) in [5.41, 5.74) is 3.32. The molecule has 0 radical (unpaired) electrons. The van der Waals surface area contributed by atoms with Crippen LogP contribution in [0.2, 0.25) is 0 Å². The number of carbonyl (C=O) groups is 1. The quantitative estimate of drug-likeness (QED) is 0.802. The highest BCUT2D eigenvalue weighted by Crippen LogP contribution is 2.19. The number of fused-ring (bicyclic) bond motifs is 1. The van der Waals surface area contributed by atoms with Crippen LogP contribution in [-0.4, -0.2) is 26.5 Å². The number of aromatic nitrogens is 3. The second-order valence-corrected chi connectivity index (χ2v) is 6.40. The molecule has 0 saturated heterocycles. The summed E-state index contributed by atoms with van der Waals surface area (Å²) in [6.07, 6.45) is 5.59. The molecule has 0 unspecified atom stereocenters. The second kappa shape index (κ2) is 6.51. The molecule has 1 amide bonds. The summed E-state index contributed by atoms with van der Waals surface area (Å²) in [5, 5.41) is 3.14. The highest BCUT2D eigenvalue weighted by atomic mass is 16.1. The highest BCUT2D eigenvalue weighted by Gasteiger charge is 2.21. The lowest BCUT2D eigenvalue weighted by Gasteiger charge is -2.25. The van der Waals surface area contributed by atoms with Gasteiger partial charge in [0, 0.05) is 37.0 Å². The van der Waals surface area contributed by atoms with Gasteiger partial charge in [0.25, 0.3) is 5.91 Å². The third-order valence-electron chi connectivity index (χ3n) is 4.67. The molecule has 3 aromatic rings. The molecule has 5 nitrogen and oxygen atoms in total. The van der Waals surface area contributed by atoms with Crippen molar-refractivity contribution in [2.75, 3.05) is 0 Å². The number of amides is 1. The molecule has 1 atom stereocenters. The summed E-state index contributed by atoms with van der Waals surface area (Å²) in [5.74, 6) is 1.04. The van der Waals surface area contributed by atoms with Gasteiger partial charge in [0.15, 0.2) is 0 Å². The number of hydrogen-bond donors (Lipinski definition) is 1. The van der Waals surface area contributed by atoms with Gasteiger partial charge in [-0.2, -0.15) is 0 Å². The monoisotopic (exact) mass is 332 g/mol. The number of hydrogen-bond acceptors (Lipinski definition) is 3. The molecule has 0 aliphatic carbocycles. The Hall–Kier alpha value is -2.95. The first-order valence-electron chi connectivity index (χ1n) is 8.54. The summed E-state index contributed by atoms with van der Waals surface area (Å²) in [7, 11) is 0. The van der Waals surface area contributed by atoms with E-state index in [0.717, 1.165) is 42.2 Å². The van der Waals surface area contributed by atoms with E-state index >= 15 is 0 Å². The van der Waals surface area contributed by atoms with E-state index in [0.29, 0.717) is 5.56 Å². The number of pyridine rings is 1. The number of carbonyl (C=O) groups excluding carboxylic acids is 1. The summed E-state index contributed by atoms with van der Waals surface area (Å²) >= 11 is 0. The molecular weight excluding hydrogens is 312 g/mol. The lowest BCUT2D eigenvalue weighted by molar-refractivity contribution is 0.0926.